The molecule has 10 nitrogen and oxygen atoms in total. The zero-order valence-electron chi connectivity index (χ0n) is 14.8. The number of nitrogens with one attached hydrogen (secondary N) is 1. The van der Waals surface area contributed by atoms with Crippen molar-refractivity contribution >= 4 is 29.1 Å². The molecule has 0 spiro atoms. The van der Waals surface area contributed by atoms with Crippen LogP contribution in [0.1, 0.15) is 27.6 Å². The van der Waals surface area contributed by atoms with Crippen LogP contribution in [0.25, 0.3) is 0 Å². The van der Waals surface area contributed by atoms with Gasteiger partial charge in [-0.15, -0.1) is 0 Å². The molecule has 0 aliphatic carbocycles. The Hall–Kier alpha value is -3.43. The Bertz CT molecular complexity index is 859. The molecule has 1 aromatic heterocycles. The number of rotatable bonds is 6. The van der Waals surface area contributed by atoms with Gasteiger partial charge >= 0.3 is 5.97 Å². The summed E-state index contributed by atoms with van der Waals surface area (Å²) in [7, 11) is 4.89. The number of benzene rings is 1. The first kappa shape index (κ1) is 18.9. The van der Waals surface area contributed by atoms with Gasteiger partial charge in [0.05, 0.1) is 17.7 Å². The van der Waals surface area contributed by atoms with E-state index in [-0.39, 0.29) is 29.2 Å². The maximum Gasteiger partial charge on any atom is 0.343 e. The fraction of sp³-hybridized carbons (Fsp3) is 0.312. The smallest absolute Gasteiger partial charge is 0.343 e. The summed E-state index contributed by atoms with van der Waals surface area (Å²) < 4.78 is 6.24. The number of carbonyl (C=O) groups is 2. The standard InChI is InChI=1S/C16H19N5O5/c1-5-26-16(23)11-9-17-20(4)14(11)18-15(22)10-6-7-12(19(2)3)13(8-10)21(24)25/h6-9H,5H2,1-4H3,(H,18,22). The fourth-order valence-electron chi connectivity index (χ4n) is 2.31. The van der Waals surface area contributed by atoms with Gasteiger partial charge in [0.25, 0.3) is 11.6 Å². The first-order chi connectivity index (χ1) is 12.3. The Balaban J connectivity index is 2.34. The number of nitro groups is 1. The molecule has 0 unspecified atom stereocenters. The molecule has 2 rings (SSSR count). The summed E-state index contributed by atoms with van der Waals surface area (Å²) in [6, 6.07) is 4.14. The fourth-order valence-corrected chi connectivity index (χ4v) is 2.31. The van der Waals surface area contributed by atoms with Crippen molar-refractivity contribution < 1.29 is 19.2 Å². The van der Waals surface area contributed by atoms with Gasteiger partial charge in [0, 0.05) is 32.8 Å². The van der Waals surface area contributed by atoms with Crippen molar-refractivity contribution in [1.29, 1.82) is 0 Å². The number of carbonyl (C=O) groups excluding carboxylic acids is 2. The van der Waals surface area contributed by atoms with Gasteiger partial charge in [-0.05, 0) is 19.1 Å². The number of nitrogens with zero attached hydrogens (tertiary/aromatic N) is 4. The molecule has 0 radical (unpaired) electrons. The first-order valence-electron chi connectivity index (χ1n) is 7.72. The lowest BCUT2D eigenvalue weighted by Crippen LogP contribution is -2.18. The van der Waals surface area contributed by atoms with E-state index in [0.717, 1.165) is 0 Å². The molecule has 10 heteroatoms. The lowest BCUT2D eigenvalue weighted by molar-refractivity contribution is -0.384. The van der Waals surface area contributed by atoms with Crippen LogP contribution >= 0.6 is 0 Å². The van der Waals surface area contributed by atoms with Gasteiger partial charge in [-0.1, -0.05) is 0 Å². The Morgan fingerprint density at radius 3 is 2.65 bits per heavy atom. The number of anilines is 2. The minimum absolute atomic E-state index is 0.0818. The van der Waals surface area contributed by atoms with E-state index in [1.807, 2.05) is 0 Å². The maximum atomic E-state index is 12.5. The molecule has 0 bridgehead atoms. The van der Waals surface area contributed by atoms with Crippen molar-refractivity contribution in [2.45, 2.75) is 6.92 Å². The Morgan fingerprint density at radius 1 is 1.38 bits per heavy atom. The van der Waals surface area contributed by atoms with Crippen LogP contribution in [-0.2, 0) is 11.8 Å². The number of aromatic nitrogens is 2. The normalized spacial score (nSPS) is 10.3. The van der Waals surface area contributed by atoms with E-state index in [2.05, 4.69) is 10.4 Å². The SMILES string of the molecule is CCOC(=O)c1cnn(C)c1NC(=O)c1ccc(N(C)C)c([N+](=O)[O-])c1. The van der Waals surface area contributed by atoms with Crippen molar-refractivity contribution in [3.8, 4) is 0 Å². The van der Waals surface area contributed by atoms with Crippen LogP contribution in [0.3, 0.4) is 0 Å². The quantitative estimate of drug-likeness (QED) is 0.473. The number of nitro benzene ring substituents is 1. The van der Waals surface area contributed by atoms with Gasteiger partial charge in [-0.2, -0.15) is 5.10 Å². The molecule has 1 amide bonds. The number of amides is 1. The van der Waals surface area contributed by atoms with Crippen LogP contribution in [0.15, 0.2) is 24.4 Å². The van der Waals surface area contributed by atoms with E-state index in [4.69, 9.17) is 4.74 Å². The molecule has 0 saturated heterocycles. The summed E-state index contributed by atoms with van der Waals surface area (Å²) in [4.78, 5) is 36.7. The highest BCUT2D eigenvalue weighted by atomic mass is 16.6. The summed E-state index contributed by atoms with van der Waals surface area (Å²) in [5, 5.41) is 17.7. The third kappa shape index (κ3) is 3.79. The molecule has 0 aliphatic rings. The Morgan fingerprint density at radius 2 is 2.08 bits per heavy atom. The van der Waals surface area contributed by atoms with E-state index in [0.29, 0.717) is 5.69 Å². The zero-order valence-corrected chi connectivity index (χ0v) is 14.8. The molecule has 0 fully saturated rings. The van der Waals surface area contributed by atoms with Gasteiger partial charge in [-0.3, -0.25) is 19.6 Å². The minimum atomic E-state index is -0.621. The summed E-state index contributed by atoms with van der Waals surface area (Å²) >= 11 is 0. The largest absolute Gasteiger partial charge is 0.462 e. The van der Waals surface area contributed by atoms with Crippen molar-refractivity contribution in [3.05, 3.63) is 45.6 Å². The summed E-state index contributed by atoms with van der Waals surface area (Å²) in [6.07, 6.45) is 1.28. The second kappa shape index (κ2) is 7.64. The van der Waals surface area contributed by atoms with Gasteiger partial charge in [0.1, 0.15) is 17.1 Å². The van der Waals surface area contributed by atoms with Crippen molar-refractivity contribution in [2.75, 3.05) is 30.9 Å². The molecule has 26 heavy (non-hydrogen) atoms. The maximum absolute atomic E-state index is 12.5. The van der Waals surface area contributed by atoms with E-state index < -0.39 is 16.8 Å². The van der Waals surface area contributed by atoms with Crippen LogP contribution in [0, 0.1) is 10.1 Å². The van der Waals surface area contributed by atoms with E-state index >= 15 is 0 Å². The van der Waals surface area contributed by atoms with Crippen molar-refractivity contribution in [1.82, 2.24) is 9.78 Å². The third-order valence-corrected chi connectivity index (χ3v) is 3.58. The van der Waals surface area contributed by atoms with Crippen molar-refractivity contribution in [2.24, 2.45) is 7.05 Å². The average molecular weight is 361 g/mol. The van der Waals surface area contributed by atoms with Crippen molar-refractivity contribution in [3.63, 3.8) is 0 Å². The van der Waals surface area contributed by atoms with Gasteiger partial charge in [0.15, 0.2) is 0 Å². The molecule has 138 valence electrons. The average Bonchev–Trinajstić information content (AvgIpc) is 2.95. The van der Waals surface area contributed by atoms with Gasteiger partial charge < -0.3 is 15.0 Å². The van der Waals surface area contributed by atoms with Crippen LogP contribution in [-0.4, -0.2) is 47.3 Å². The number of hydrogen-bond donors (Lipinski definition) is 1. The van der Waals surface area contributed by atoms with Crippen LogP contribution < -0.4 is 10.2 Å². The zero-order chi connectivity index (χ0) is 19.4. The predicted octanol–water partition coefficient (Wildman–Crippen LogP) is 1.82. The summed E-state index contributed by atoms with van der Waals surface area (Å²) in [6.45, 7) is 1.84. The van der Waals surface area contributed by atoms with E-state index in [1.165, 1.54) is 29.1 Å². The number of ether oxygens (including phenoxy) is 1. The molecule has 1 N–H and O–H groups in total. The van der Waals surface area contributed by atoms with Gasteiger partial charge in [0.2, 0.25) is 0 Å². The van der Waals surface area contributed by atoms with Gasteiger partial charge in [-0.25, -0.2) is 4.79 Å². The summed E-state index contributed by atoms with van der Waals surface area (Å²) in [5.41, 5.74) is 0.359. The number of aryl methyl sites for hydroxylation is 1. The van der Waals surface area contributed by atoms with Crippen LogP contribution in [0.4, 0.5) is 17.2 Å². The highest BCUT2D eigenvalue weighted by Gasteiger charge is 2.22. The monoisotopic (exact) mass is 361 g/mol. The second-order valence-electron chi connectivity index (χ2n) is 5.56. The predicted molar refractivity (Wildman–Crippen MR) is 94.5 cm³/mol. The van der Waals surface area contributed by atoms with E-state index in [1.54, 1.807) is 33.0 Å². The lowest BCUT2D eigenvalue weighted by atomic mass is 10.1. The molecule has 2 aromatic rings. The van der Waals surface area contributed by atoms with Crippen LogP contribution in [0.2, 0.25) is 0 Å². The summed E-state index contributed by atoms with van der Waals surface area (Å²) in [5.74, 6) is -1.08. The topological polar surface area (TPSA) is 120 Å². The third-order valence-electron chi connectivity index (χ3n) is 3.58. The Kier molecular flexibility index (Phi) is 5.55. The molecule has 0 aliphatic heterocycles. The second-order valence-corrected chi connectivity index (χ2v) is 5.56. The first-order valence-corrected chi connectivity index (χ1v) is 7.72. The number of hydrogen-bond acceptors (Lipinski definition) is 7. The van der Waals surface area contributed by atoms with E-state index in [9.17, 15) is 19.7 Å². The minimum Gasteiger partial charge on any atom is -0.462 e. The molecular formula is C16H19N5O5. The molecule has 0 atom stereocenters. The lowest BCUT2D eigenvalue weighted by Gasteiger charge is -2.13. The molecule has 1 heterocycles. The molecule has 0 saturated carbocycles. The molecule has 1 aromatic carbocycles. The van der Waals surface area contributed by atoms with Crippen LogP contribution in [0.5, 0.6) is 0 Å². The highest BCUT2D eigenvalue weighted by molar-refractivity contribution is 6.07. The highest BCUT2D eigenvalue weighted by Crippen LogP contribution is 2.28. The molecular weight excluding hydrogens is 342 g/mol. The number of esters is 1. The Labute approximate surface area is 149 Å².